The molecule has 0 radical (unpaired) electrons. The number of nitrogens with one attached hydrogen (secondary N) is 1. The van der Waals surface area contributed by atoms with Crippen LogP contribution >= 0.6 is 0 Å². The predicted molar refractivity (Wildman–Crippen MR) is 81.8 cm³/mol. The second kappa shape index (κ2) is 7.26. The molecule has 2 aromatic carbocycles. The van der Waals surface area contributed by atoms with Crippen molar-refractivity contribution in [1.29, 1.82) is 0 Å². The second-order valence-electron chi connectivity index (χ2n) is 4.79. The zero-order chi connectivity index (χ0) is 15.9. The van der Waals surface area contributed by atoms with Crippen LogP contribution in [0.1, 0.15) is 22.8 Å². The van der Waals surface area contributed by atoms with Crippen LogP contribution in [-0.2, 0) is 11.3 Å². The number of benzene rings is 2. The molecular weight excluding hydrogens is 282 g/mol. The molecular formula is C17H17NO4. The number of amides is 1. The maximum atomic E-state index is 12.0. The predicted octanol–water partition coefficient (Wildman–Crippen LogP) is 2.47. The Morgan fingerprint density at radius 1 is 1.09 bits per heavy atom. The summed E-state index contributed by atoms with van der Waals surface area (Å²) in [5.41, 5.74) is 1.51. The fourth-order valence-corrected chi connectivity index (χ4v) is 1.82. The quantitative estimate of drug-likeness (QED) is 0.859. The number of carbonyl (C=O) groups is 2. The molecule has 2 rings (SSSR count). The van der Waals surface area contributed by atoms with Gasteiger partial charge in [-0.15, -0.1) is 0 Å². The monoisotopic (exact) mass is 299 g/mol. The SMILES string of the molecule is C[C@H](Oc1ccc(C(=O)NCc2ccccc2)cc1)C(=O)O. The van der Waals surface area contributed by atoms with E-state index in [1.54, 1.807) is 24.3 Å². The Labute approximate surface area is 128 Å². The molecule has 114 valence electrons. The Kier molecular flexibility index (Phi) is 5.14. The molecule has 1 atom stereocenters. The molecule has 0 aliphatic heterocycles. The minimum absolute atomic E-state index is 0.193. The molecule has 0 saturated carbocycles. The Morgan fingerprint density at radius 3 is 2.32 bits per heavy atom. The highest BCUT2D eigenvalue weighted by atomic mass is 16.5. The minimum Gasteiger partial charge on any atom is -0.479 e. The summed E-state index contributed by atoms with van der Waals surface area (Å²) in [6, 6.07) is 16.0. The summed E-state index contributed by atoms with van der Waals surface area (Å²) in [6.07, 6.45) is -0.933. The van der Waals surface area contributed by atoms with Gasteiger partial charge in [0.2, 0.25) is 0 Å². The van der Waals surface area contributed by atoms with Gasteiger partial charge in [0.1, 0.15) is 5.75 Å². The largest absolute Gasteiger partial charge is 0.479 e. The van der Waals surface area contributed by atoms with E-state index in [0.717, 1.165) is 5.56 Å². The lowest BCUT2D eigenvalue weighted by molar-refractivity contribution is -0.144. The van der Waals surface area contributed by atoms with Crippen LogP contribution in [0.15, 0.2) is 54.6 Å². The molecule has 0 fully saturated rings. The third-order valence-electron chi connectivity index (χ3n) is 3.07. The van der Waals surface area contributed by atoms with E-state index in [0.29, 0.717) is 17.9 Å². The Bertz CT molecular complexity index is 637. The van der Waals surface area contributed by atoms with Gasteiger partial charge < -0.3 is 15.2 Å². The van der Waals surface area contributed by atoms with Crippen molar-refractivity contribution < 1.29 is 19.4 Å². The molecule has 2 aromatic rings. The second-order valence-corrected chi connectivity index (χ2v) is 4.79. The van der Waals surface area contributed by atoms with Crippen molar-refractivity contribution in [2.75, 3.05) is 0 Å². The van der Waals surface area contributed by atoms with E-state index in [1.807, 2.05) is 30.3 Å². The summed E-state index contributed by atoms with van der Waals surface area (Å²) in [4.78, 5) is 22.7. The van der Waals surface area contributed by atoms with Gasteiger partial charge in [-0.2, -0.15) is 0 Å². The van der Waals surface area contributed by atoms with Crippen LogP contribution in [-0.4, -0.2) is 23.1 Å². The van der Waals surface area contributed by atoms with Crippen LogP contribution < -0.4 is 10.1 Å². The van der Waals surface area contributed by atoms with Crippen molar-refractivity contribution in [3.05, 3.63) is 65.7 Å². The normalized spacial score (nSPS) is 11.5. The molecule has 0 aliphatic carbocycles. The molecule has 5 heteroatoms. The number of ether oxygens (including phenoxy) is 1. The molecule has 0 aromatic heterocycles. The van der Waals surface area contributed by atoms with E-state index in [2.05, 4.69) is 5.32 Å². The first kappa shape index (κ1) is 15.6. The lowest BCUT2D eigenvalue weighted by atomic mass is 10.2. The minimum atomic E-state index is -1.04. The average Bonchev–Trinajstić information content (AvgIpc) is 2.54. The first-order valence-electron chi connectivity index (χ1n) is 6.88. The average molecular weight is 299 g/mol. The molecule has 0 bridgehead atoms. The summed E-state index contributed by atoms with van der Waals surface area (Å²) in [5, 5.41) is 11.6. The van der Waals surface area contributed by atoms with E-state index in [9.17, 15) is 9.59 Å². The maximum absolute atomic E-state index is 12.0. The van der Waals surface area contributed by atoms with Gasteiger partial charge in [0.05, 0.1) is 0 Å². The Balaban J connectivity index is 1.92. The van der Waals surface area contributed by atoms with Crippen molar-refractivity contribution in [3.8, 4) is 5.75 Å². The van der Waals surface area contributed by atoms with Gasteiger partial charge in [0.25, 0.3) is 5.91 Å². The highest BCUT2D eigenvalue weighted by molar-refractivity contribution is 5.94. The standard InChI is InChI=1S/C17H17NO4/c1-12(17(20)21)22-15-9-7-14(8-10-15)16(19)18-11-13-5-3-2-4-6-13/h2-10,12H,11H2,1H3,(H,18,19)(H,20,21)/t12-/m0/s1. The smallest absolute Gasteiger partial charge is 0.344 e. The van der Waals surface area contributed by atoms with Gasteiger partial charge in [-0.05, 0) is 36.8 Å². The molecule has 2 N–H and O–H groups in total. The zero-order valence-corrected chi connectivity index (χ0v) is 12.2. The fourth-order valence-electron chi connectivity index (χ4n) is 1.82. The number of hydrogen-bond donors (Lipinski definition) is 2. The van der Waals surface area contributed by atoms with Gasteiger partial charge in [-0.1, -0.05) is 30.3 Å². The summed E-state index contributed by atoms with van der Waals surface area (Å²) in [7, 11) is 0. The van der Waals surface area contributed by atoms with Crippen LogP contribution in [0.5, 0.6) is 5.75 Å². The topological polar surface area (TPSA) is 75.6 Å². The molecule has 0 saturated heterocycles. The van der Waals surface area contributed by atoms with Crippen LogP contribution in [0.25, 0.3) is 0 Å². The number of rotatable bonds is 6. The number of hydrogen-bond acceptors (Lipinski definition) is 3. The molecule has 0 spiro atoms. The molecule has 0 aliphatic rings. The van der Waals surface area contributed by atoms with E-state index in [1.165, 1.54) is 6.92 Å². The van der Waals surface area contributed by atoms with E-state index >= 15 is 0 Å². The Morgan fingerprint density at radius 2 is 1.73 bits per heavy atom. The van der Waals surface area contributed by atoms with Gasteiger partial charge in [-0.3, -0.25) is 4.79 Å². The fraction of sp³-hybridized carbons (Fsp3) is 0.176. The Hall–Kier alpha value is -2.82. The van der Waals surface area contributed by atoms with Crippen molar-refractivity contribution in [3.63, 3.8) is 0 Å². The van der Waals surface area contributed by atoms with Crippen LogP contribution in [0.3, 0.4) is 0 Å². The summed E-state index contributed by atoms with van der Waals surface area (Å²) in [5.74, 6) is -0.819. The summed E-state index contributed by atoms with van der Waals surface area (Å²) >= 11 is 0. The first-order valence-corrected chi connectivity index (χ1v) is 6.88. The third-order valence-corrected chi connectivity index (χ3v) is 3.07. The van der Waals surface area contributed by atoms with Gasteiger partial charge >= 0.3 is 5.97 Å². The lowest BCUT2D eigenvalue weighted by Crippen LogP contribution is -2.23. The number of aliphatic carboxylic acids is 1. The van der Waals surface area contributed by atoms with Crippen molar-refractivity contribution in [2.24, 2.45) is 0 Å². The van der Waals surface area contributed by atoms with Crippen molar-refractivity contribution >= 4 is 11.9 Å². The number of carboxylic acid groups (broad SMARTS) is 1. The number of carboxylic acids is 1. The van der Waals surface area contributed by atoms with Crippen LogP contribution in [0.4, 0.5) is 0 Å². The third kappa shape index (κ3) is 4.34. The van der Waals surface area contributed by atoms with Crippen molar-refractivity contribution in [2.45, 2.75) is 19.6 Å². The highest BCUT2D eigenvalue weighted by Crippen LogP contribution is 2.14. The maximum Gasteiger partial charge on any atom is 0.344 e. The van der Waals surface area contributed by atoms with Crippen molar-refractivity contribution in [1.82, 2.24) is 5.32 Å². The molecule has 22 heavy (non-hydrogen) atoms. The van der Waals surface area contributed by atoms with Gasteiger partial charge in [-0.25, -0.2) is 4.79 Å². The van der Waals surface area contributed by atoms with Crippen LogP contribution in [0.2, 0.25) is 0 Å². The van der Waals surface area contributed by atoms with E-state index in [-0.39, 0.29) is 5.91 Å². The number of carbonyl (C=O) groups excluding carboxylic acids is 1. The van der Waals surface area contributed by atoms with Gasteiger partial charge in [0, 0.05) is 12.1 Å². The van der Waals surface area contributed by atoms with Gasteiger partial charge in [0.15, 0.2) is 6.10 Å². The molecule has 0 heterocycles. The zero-order valence-electron chi connectivity index (χ0n) is 12.2. The first-order chi connectivity index (χ1) is 10.6. The lowest BCUT2D eigenvalue weighted by Gasteiger charge is -2.11. The molecule has 5 nitrogen and oxygen atoms in total. The summed E-state index contributed by atoms with van der Waals surface area (Å²) < 4.78 is 5.21. The van der Waals surface area contributed by atoms with E-state index < -0.39 is 12.1 Å². The molecule has 1 amide bonds. The molecule has 0 unspecified atom stereocenters. The highest BCUT2D eigenvalue weighted by Gasteiger charge is 2.12. The summed E-state index contributed by atoms with van der Waals surface area (Å²) in [6.45, 7) is 1.90. The van der Waals surface area contributed by atoms with Crippen LogP contribution in [0, 0.1) is 0 Å². The van der Waals surface area contributed by atoms with E-state index in [4.69, 9.17) is 9.84 Å².